The van der Waals surface area contributed by atoms with Crippen molar-refractivity contribution < 1.29 is 4.79 Å². The standard InChI is InChI=1S/C21H23N5O/c27-21(24-16-7-8-16)11-19-14-25(13-18-9-10-22-26(18)19)12-17-6-5-15-3-1-2-4-20(15)23-17/h1-6,9-10,16,19H,7-8,11-14H2,(H,24,27)/t19-/m0/s1. The molecule has 0 bridgehead atoms. The zero-order valence-corrected chi connectivity index (χ0v) is 15.2. The molecular weight excluding hydrogens is 338 g/mol. The number of carbonyl (C=O) groups is 1. The van der Waals surface area contributed by atoms with Crippen LogP contribution < -0.4 is 5.32 Å². The van der Waals surface area contributed by atoms with Gasteiger partial charge < -0.3 is 5.32 Å². The minimum absolute atomic E-state index is 0.0722. The van der Waals surface area contributed by atoms with Crippen molar-refractivity contribution in [1.82, 2.24) is 25.0 Å². The number of fused-ring (bicyclic) bond motifs is 2. The van der Waals surface area contributed by atoms with Gasteiger partial charge in [0, 0.05) is 37.3 Å². The van der Waals surface area contributed by atoms with E-state index in [0.717, 1.165) is 54.8 Å². The maximum absolute atomic E-state index is 12.3. The smallest absolute Gasteiger partial charge is 0.222 e. The zero-order valence-electron chi connectivity index (χ0n) is 15.2. The van der Waals surface area contributed by atoms with Crippen LogP contribution in [0.1, 0.15) is 36.7 Å². The van der Waals surface area contributed by atoms with Crippen molar-refractivity contribution in [2.45, 2.75) is 44.4 Å². The molecule has 138 valence electrons. The Morgan fingerprint density at radius 1 is 1.15 bits per heavy atom. The molecule has 6 nitrogen and oxygen atoms in total. The summed E-state index contributed by atoms with van der Waals surface area (Å²) >= 11 is 0. The number of hydrogen-bond donors (Lipinski definition) is 1. The van der Waals surface area contributed by atoms with Crippen LogP contribution in [0, 0.1) is 0 Å². The predicted octanol–water partition coefficient (Wildman–Crippen LogP) is 2.66. The van der Waals surface area contributed by atoms with Gasteiger partial charge in [0.25, 0.3) is 0 Å². The van der Waals surface area contributed by atoms with Crippen LogP contribution in [0.2, 0.25) is 0 Å². The molecule has 1 saturated carbocycles. The van der Waals surface area contributed by atoms with Crippen LogP contribution in [-0.2, 0) is 17.9 Å². The summed E-state index contributed by atoms with van der Waals surface area (Å²) in [6.45, 7) is 2.41. The van der Waals surface area contributed by atoms with Crippen LogP contribution in [-0.4, -0.2) is 38.2 Å². The van der Waals surface area contributed by atoms with Gasteiger partial charge in [0.1, 0.15) is 0 Å². The Bertz CT molecular complexity index is 977. The molecule has 3 aromatic rings. The number of nitrogens with zero attached hydrogens (tertiary/aromatic N) is 4. The highest BCUT2D eigenvalue weighted by Gasteiger charge is 2.30. The third-order valence-electron chi connectivity index (χ3n) is 5.36. The highest BCUT2D eigenvalue weighted by atomic mass is 16.1. The van der Waals surface area contributed by atoms with Crippen molar-refractivity contribution in [2.24, 2.45) is 0 Å². The molecule has 1 N–H and O–H groups in total. The lowest BCUT2D eigenvalue weighted by Gasteiger charge is -2.33. The lowest BCUT2D eigenvalue weighted by Crippen LogP contribution is -2.40. The summed E-state index contributed by atoms with van der Waals surface area (Å²) < 4.78 is 2.02. The van der Waals surface area contributed by atoms with Crippen LogP contribution in [0.5, 0.6) is 0 Å². The molecule has 1 atom stereocenters. The zero-order chi connectivity index (χ0) is 18.2. The molecule has 1 amide bonds. The second-order valence-electron chi connectivity index (χ2n) is 7.63. The summed E-state index contributed by atoms with van der Waals surface area (Å²) in [5, 5.41) is 8.72. The van der Waals surface area contributed by atoms with Gasteiger partial charge in [0.2, 0.25) is 5.91 Å². The van der Waals surface area contributed by atoms with Crippen LogP contribution in [0.15, 0.2) is 48.7 Å². The van der Waals surface area contributed by atoms with E-state index < -0.39 is 0 Å². The number of nitrogens with one attached hydrogen (secondary N) is 1. The fraction of sp³-hybridized carbons (Fsp3) is 0.381. The summed E-state index contributed by atoms with van der Waals surface area (Å²) in [5.41, 5.74) is 3.24. The minimum Gasteiger partial charge on any atom is -0.353 e. The molecule has 1 aliphatic heterocycles. The van der Waals surface area contributed by atoms with E-state index in [-0.39, 0.29) is 11.9 Å². The summed E-state index contributed by atoms with van der Waals surface area (Å²) in [6.07, 6.45) is 4.54. The minimum atomic E-state index is 0.0722. The first-order chi connectivity index (χ1) is 13.2. The van der Waals surface area contributed by atoms with Crippen molar-refractivity contribution in [1.29, 1.82) is 0 Å². The molecule has 1 fully saturated rings. The monoisotopic (exact) mass is 361 g/mol. The van der Waals surface area contributed by atoms with Crippen LogP contribution >= 0.6 is 0 Å². The Morgan fingerprint density at radius 3 is 2.93 bits per heavy atom. The second kappa shape index (κ2) is 6.78. The molecule has 0 spiro atoms. The first-order valence-corrected chi connectivity index (χ1v) is 9.63. The molecule has 5 rings (SSSR count). The maximum Gasteiger partial charge on any atom is 0.222 e. The maximum atomic E-state index is 12.3. The molecule has 0 radical (unpaired) electrons. The highest BCUT2D eigenvalue weighted by molar-refractivity contribution is 5.78. The van der Waals surface area contributed by atoms with Crippen LogP contribution in [0.4, 0.5) is 0 Å². The Morgan fingerprint density at radius 2 is 2.04 bits per heavy atom. The number of pyridine rings is 1. The van der Waals surface area contributed by atoms with Gasteiger partial charge >= 0.3 is 0 Å². The molecule has 2 aliphatic rings. The Labute approximate surface area is 158 Å². The van der Waals surface area contributed by atoms with Crippen LogP contribution in [0.3, 0.4) is 0 Å². The first kappa shape index (κ1) is 16.4. The van der Waals surface area contributed by atoms with Crippen molar-refractivity contribution in [3.8, 4) is 0 Å². The molecule has 0 unspecified atom stereocenters. The van der Waals surface area contributed by atoms with E-state index >= 15 is 0 Å². The number of hydrogen-bond acceptors (Lipinski definition) is 4. The van der Waals surface area contributed by atoms with Gasteiger partial charge in [-0.15, -0.1) is 0 Å². The molecule has 6 heteroatoms. The van der Waals surface area contributed by atoms with Gasteiger partial charge in [-0.05, 0) is 31.0 Å². The third kappa shape index (κ3) is 3.57. The Hall–Kier alpha value is -2.73. The van der Waals surface area contributed by atoms with Gasteiger partial charge in [0.15, 0.2) is 0 Å². The van der Waals surface area contributed by atoms with E-state index in [9.17, 15) is 4.79 Å². The molecule has 2 aromatic heterocycles. The average molecular weight is 361 g/mol. The summed E-state index contributed by atoms with van der Waals surface area (Å²) in [7, 11) is 0. The van der Waals surface area contributed by atoms with Gasteiger partial charge in [-0.2, -0.15) is 5.10 Å². The Balaban J connectivity index is 1.32. The highest BCUT2D eigenvalue weighted by Crippen LogP contribution is 2.25. The SMILES string of the molecule is O=C(C[C@H]1CN(Cc2ccc3ccccc3n2)Cc2ccnn21)NC1CC1. The number of para-hydroxylation sites is 1. The van der Waals surface area contributed by atoms with E-state index in [2.05, 4.69) is 39.6 Å². The molecule has 27 heavy (non-hydrogen) atoms. The van der Waals surface area contributed by atoms with Gasteiger partial charge in [-0.1, -0.05) is 24.3 Å². The lowest BCUT2D eigenvalue weighted by molar-refractivity contribution is -0.122. The fourth-order valence-corrected chi connectivity index (χ4v) is 3.89. The average Bonchev–Trinajstić information content (AvgIpc) is 3.34. The summed E-state index contributed by atoms with van der Waals surface area (Å²) in [4.78, 5) is 19.5. The number of aromatic nitrogens is 3. The lowest BCUT2D eigenvalue weighted by atomic mass is 10.1. The fourth-order valence-electron chi connectivity index (χ4n) is 3.89. The number of rotatable bonds is 5. The number of benzene rings is 1. The summed E-state index contributed by atoms with van der Waals surface area (Å²) in [6, 6.07) is 14.9. The van der Waals surface area contributed by atoms with Crippen molar-refractivity contribution in [2.75, 3.05) is 6.54 Å². The van der Waals surface area contributed by atoms with E-state index in [0.29, 0.717) is 12.5 Å². The molecule has 1 aliphatic carbocycles. The second-order valence-corrected chi connectivity index (χ2v) is 7.63. The molecule has 0 saturated heterocycles. The van der Waals surface area contributed by atoms with E-state index in [1.165, 1.54) is 0 Å². The quantitative estimate of drug-likeness (QED) is 0.759. The van der Waals surface area contributed by atoms with E-state index in [4.69, 9.17) is 4.98 Å². The van der Waals surface area contributed by atoms with Gasteiger partial charge in [-0.3, -0.25) is 19.4 Å². The topological polar surface area (TPSA) is 63.1 Å². The van der Waals surface area contributed by atoms with E-state index in [1.54, 1.807) is 0 Å². The number of carbonyl (C=O) groups excluding carboxylic acids is 1. The van der Waals surface area contributed by atoms with Crippen molar-refractivity contribution in [3.63, 3.8) is 0 Å². The van der Waals surface area contributed by atoms with Gasteiger partial charge in [0.05, 0.1) is 29.4 Å². The molecular formula is C21H23N5O. The summed E-state index contributed by atoms with van der Waals surface area (Å²) in [5.74, 6) is 0.134. The third-order valence-corrected chi connectivity index (χ3v) is 5.36. The molecule has 3 heterocycles. The van der Waals surface area contributed by atoms with Crippen LogP contribution in [0.25, 0.3) is 10.9 Å². The number of amides is 1. The normalized spacial score (nSPS) is 19.8. The first-order valence-electron chi connectivity index (χ1n) is 9.63. The Kier molecular flexibility index (Phi) is 4.13. The van der Waals surface area contributed by atoms with Gasteiger partial charge in [-0.25, -0.2) is 0 Å². The largest absolute Gasteiger partial charge is 0.353 e. The van der Waals surface area contributed by atoms with Crippen molar-refractivity contribution >= 4 is 16.8 Å². The molecule has 1 aromatic carbocycles. The predicted molar refractivity (Wildman–Crippen MR) is 103 cm³/mol. The van der Waals surface area contributed by atoms with Crippen molar-refractivity contribution in [3.05, 3.63) is 60.0 Å². The van der Waals surface area contributed by atoms with E-state index in [1.807, 2.05) is 29.1 Å².